The van der Waals surface area contributed by atoms with Crippen molar-refractivity contribution in [3.8, 4) is 23.0 Å². The Balaban J connectivity index is 1.89. The Morgan fingerprint density at radius 2 is 1.73 bits per heavy atom. The molecule has 11 nitrogen and oxygen atoms in total. The van der Waals surface area contributed by atoms with Gasteiger partial charge >= 0.3 is 11.9 Å². The molecule has 1 N–H and O–H groups in total. The number of esters is 1. The van der Waals surface area contributed by atoms with Crippen LogP contribution < -0.4 is 33.8 Å². The number of fused-ring (bicyclic) bond motifs is 1. The summed E-state index contributed by atoms with van der Waals surface area (Å²) in [5.74, 6) is -0.185. The lowest BCUT2D eigenvalue weighted by Crippen LogP contribution is -2.40. The highest BCUT2D eigenvalue weighted by molar-refractivity contribution is 7.07. The predicted molar refractivity (Wildman–Crippen MR) is 146 cm³/mol. The number of hydrogen-bond donors (Lipinski definition) is 1. The number of aliphatic carboxylic acids is 1. The van der Waals surface area contributed by atoms with Crippen LogP contribution in [0.3, 0.4) is 0 Å². The number of ether oxygens (including phenoxy) is 5. The summed E-state index contributed by atoms with van der Waals surface area (Å²) < 4.78 is 28.9. The summed E-state index contributed by atoms with van der Waals surface area (Å²) >= 11 is 1.18. The van der Waals surface area contributed by atoms with Crippen molar-refractivity contribution in [1.29, 1.82) is 0 Å². The number of allylic oxidation sites excluding steroid dienone is 1. The number of hydrogen-bond acceptors (Lipinski definition) is 10. The van der Waals surface area contributed by atoms with Crippen LogP contribution in [0.2, 0.25) is 0 Å². The van der Waals surface area contributed by atoms with Gasteiger partial charge in [-0.2, -0.15) is 0 Å². The zero-order chi connectivity index (χ0) is 29.0. The maximum atomic E-state index is 13.8. The van der Waals surface area contributed by atoms with Gasteiger partial charge in [-0.15, -0.1) is 0 Å². The van der Waals surface area contributed by atoms with E-state index in [4.69, 9.17) is 28.8 Å². The van der Waals surface area contributed by atoms with Crippen LogP contribution in [0.1, 0.15) is 31.0 Å². The van der Waals surface area contributed by atoms with E-state index in [1.807, 2.05) is 0 Å². The maximum Gasteiger partial charge on any atom is 0.341 e. The fourth-order valence-electron chi connectivity index (χ4n) is 4.32. The molecule has 0 aliphatic carbocycles. The molecular formula is C28H28N2O9S. The van der Waals surface area contributed by atoms with E-state index in [9.17, 15) is 14.4 Å². The summed E-state index contributed by atoms with van der Waals surface area (Å²) in [6.45, 7) is 3.09. The Kier molecular flexibility index (Phi) is 8.58. The lowest BCUT2D eigenvalue weighted by Gasteiger charge is -2.26. The van der Waals surface area contributed by atoms with Gasteiger partial charge < -0.3 is 28.8 Å². The van der Waals surface area contributed by atoms with E-state index in [1.165, 1.54) is 37.2 Å². The zero-order valence-corrected chi connectivity index (χ0v) is 23.4. The van der Waals surface area contributed by atoms with Gasteiger partial charge in [0.25, 0.3) is 5.56 Å². The molecule has 2 heterocycles. The monoisotopic (exact) mass is 568 g/mol. The van der Waals surface area contributed by atoms with Crippen LogP contribution in [0.4, 0.5) is 0 Å². The fourth-order valence-corrected chi connectivity index (χ4v) is 5.37. The summed E-state index contributed by atoms with van der Waals surface area (Å²) in [5.41, 5.74) is 1.51. The Bertz CT molecular complexity index is 1630. The van der Waals surface area contributed by atoms with Crippen molar-refractivity contribution in [2.45, 2.75) is 19.9 Å². The molecule has 0 bridgehead atoms. The van der Waals surface area contributed by atoms with Crippen LogP contribution in [0.5, 0.6) is 23.0 Å². The second-order valence-electron chi connectivity index (χ2n) is 8.51. The summed E-state index contributed by atoms with van der Waals surface area (Å²) in [4.78, 5) is 42.7. The highest BCUT2D eigenvalue weighted by Crippen LogP contribution is 2.42. The Labute approximate surface area is 233 Å². The maximum absolute atomic E-state index is 13.8. The number of carbonyl (C=O) groups excluding carboxylic acids is 1. The second-order valence-corrected chi connectivity index (χ2v) is 9.52. The van der Waals surface area contributed by atoms with Crippen LogP contribution in [0.25, 0.3) is 6.08 Å². The Morgan fingerprint density at radius 3 is 2.27 bits per heavy atom. The molecule has 1 aliphatic rings. The third-order valence-corrected chi connectivity index (χ3v) is 7.04. The summed E-state index contributed by atoms with van der Waals surface area (Å²) in [6, 6.07) is 9.16. The predicted octanol–water partition coefficient (Wildman–Crippen LogP) is 2.29. The molecule has 0 unspecified atom stereocenters. The number of carboxylic acid groups (broad SMARTS) is 1. The molecule has 3 aromatic rings. The minimum atomic E-state index is -1.08. The topological polar surface area (TPSA) is 135 Å². The van der Waals surface area contributed by atoms with Crippen molar-refractivity contribution < 1.29 is 38.4 Å². The van der Waals surface area contributed by atoms with Gasteiger partial charge in [0.2, 0.25) is 5.75 Å². The van der Waals surface area contributed by atoms with Gasteiger partial charge in [0.15, 0.2) is 22.9 Å². The quantitative estimate of drug-likeness (QED) is 0.366. The van der Waals surface area contributed by atoms with E-state index in [1.54, 1.807) is 56.3 Å². The van der Waals surface area contributed by atoms with Gasteiger partial charge in [0.05, 0.1) is 49.8 Å². The number of thiazole rings is 1. The molecule has 0 fully saturated rings. The van der Waals surface area contributed by atoms with Crippen molar-refractivity contribution in [1.82, 2.24) is 4.57 Å². The molecule has 1 aromatic heterocycles. The smallest absolute Gasteiger partial charge is 0.341 e. The van der Waals surface area contributed by atoms with Gasteiger partial charge in [-0.1, -0.05) is 23.5 Å². The number of nitrogens with zero attached hydrogens (tertiary/aromatic N) is 2. The van der Waals surface area contributed by atoms with Gasteiger partial charge in [0.1, 0.15) is 5.75 Å². The van der Waals surface area contributed by atoms with Crippen molar-refractivity contribution in [3.05, 3.63) is 78.5 Å². The zero-order valence-electron chi connectivity index (χ0n) is 22.5. The largest absolute Gasteiger partial charge is 0.493 e. The van der Waals surface area contributed by atoms with Crippen LogP contribution in [0.15, 0.2) is 57.5 Å². The van der Waals surface area contributed by atoms with Crippen molar-refractivity contribution in [2.24, 2.45) is 4.99 Å². The minimum Gasteiger partial charge on any atom is -0.493 e. The van der Waals surface area contributed by atoms with Gasteiger partial charge in [-0.25, -0.2) is 14.6 Å². The number of carboxylic acids is 1. The van der Waals surface area contributed by atoms with E-state index < -0.39 is 24.6 Å². The van der Waals surface area contributed by atoms with E-state index in [-0.39, 0.29) is 17.7 Å². The second kappa shape index (κ2) is 12.1. The van der Waals surface area contributed by atoms with Crippen molar-refractivity contribution >= 4 is 29.4 Å². The van der Waals surface area contributed by atoms with E-state index in [0.717, 1.165) is 0 Å². The SMILES string of the molecule is CCOC(=O)C1=C(C)N=c2sc(=Cc3ccc(OCC(=O)O)cc3)c(=O)n2[C@H]1c1cc(OC)c(OC)c(OC)c1. The standard InChI is InChI=1S/C28H28N2O9S/c1-6-38-27(34)23-15(2)29-28-30(24(23)17-12-19(35-3)25(37-5)20(13-17)36-4)26(33)21(40-28)11-16-7-9-18(10-8-16)39-14-22(31)32/h7-13,24H,6,14H2,1-5H3,(H,31,32)/t24-/m0/s1. The molecule has 0 saturated carbocycles. The average molecular weight is 569 g/mol. The molecule has 4 rings (SSSR count). The van der Waals surface area contributed by atoms with Crippen LogP contribution >= 0.6 is 11.3 Å². The summed E-state index contributed by atoms with van der Waals surface area (Å²) in [6.07, 6.45) is 1.69. The first kappa shape index (κ1) is 28.4. The molecule has 210 valence electrons. The third kappa shape index (κ3) is 5.57. The molecule has 1 atom stereocenters. The normalized spacial score (nSPS) is 14.7. The van der Waals surface area contributed by atoms with E-state index in [0.29, 0.717) is 49.2 Å². The average Bonchev–Trinajstić information content (AvgIpc) is 3.24. The van der Waals surface area contributed by atoms with Crippen LogP contribution in [-0.2, 0) is 14.3 Å². The number of carbonyl (C=O) groups is 2. The molecule has 0 spiro atoms. The molecule has 12 heteroatoms. The lowest BCUT2D eigenvalue weighted by molar-refractivity contribution is -0.140. The molecule has 2 aromatic carbocycles. The number of methoxy groups -OCH3 is 3. The van der Waals surface area contributed by atoms with E-state index in [2.05, 4.69) is 4.99 Å². The van der Waals surface area contributed by atoms with Crippen LogP contribution in [-0.4, -0.2) is 56.2 Å². The number of rotatable bonds is 10. The first-order valence-corrected chi connectivity index (χ1v) is 13.0. The molecule has 1 aliphatic heterocycles. The molecule has 40 heavy (non-hydrogen) atoms. The lowest BCUT2D eigenvalue weighted by atomic mass is 9.95. The first-order valence-electron chi connectivity index (χ1n) is 12.2. The van der Waals surface area contributed by atoms with Gasteiger partial charge in [-0.3, -0.25) is 9.36 Å². The van der Waals surface area contributed by atoms with Gasteiger partial charge in [0, 0.05) is 0 Å². The minimum absolute atomic E-state index is 0.147. The highest BCUT2D eigenvalue weighted by atomic mass is 32.1. The Morgan fingerprint density at radius 1 is 1.07 bits per heavy atom. The molecule has 0 saturated heterocycles. The summed E-state index contributed by atoms with van der Waals surface area (Å²) in [7, 11) is 4.46. The van der Waals surface area contributed by atoms with Crippen molar-refractivity contribution in [2.75, 3.05) is 34.5 Å². The fraction of sp³-hybridized carbons (Fsp3) is 0.286. The highest BCUT2D eigenvalue weighted by Gasteiger charge is 2.34. The molecule has 0 radical (unpaired) electrons. The van der Waals surface area contributed by atoms with Gasteiger partial charge in [-0.05, 0) is 55.3 Å². The van der Waals surface area contributed by atoms with E-state index >= 15 is 0 Å². The summed E-state index contributed by atoms with van der Waals surface area (Å²) in [5, 5.41) is 8.80. The number of benzene rings is 2. The number of aromatic nitrogens is 1. The third-order valence-electron chi connectivity index (χ3n) is 6.06. The van der Waals surface area contributed by atoms with Crippen LogP contribution in [0, 0.1) is 0 Å². The molecular weight excluding hydrogens is 540 g/mol. The first-order chi connectivity index (χ1) is 19.2. The van der Waals surface area contributed by atoms with Crippen molar-refractivity contribution in [3.63, 3.8) is 0 Å². The Hall–Kier alpha value is -4.58. The molecule has 0 amide bonds.